The molecule has 0 radical (unpaired) electrons. The summed E-state index contributed by atoms with van der Waals surface area (Å²) < 4.78 is 0. The van der Waals surface area contributed by atoms with Crippen molar-refractivity contribution < 1.29 is 51.0 Å². The van der Waals surface area contributed by atoms with E-state index >= 15 is 0 Å². The normalized spacial score (nSPS) is 9.86. The number of benzene rings is 3. The molecule has 0 saturated heterocycles. The summed E-state index contributed by atoms with van der Waals surface area (Å²) in [5.41, 5.74) is 0. The summed E-state index contributed by atoms with van der Waals surface area (Å²) in [6.45, 7) is 0. The van der Waals surface area contributed by atoms with E-state index in [0.717, 1.165) is 8.58 Å². The van der Waals surface area contributed by atoms with Crippen LogP contribution >= 0.6 is 8.58 Å². The van der Waals surface area contributed by atoms with Gasteiger partial charge in [0.25, 0.3) is 0 Å². The van der Waals surface area contributed by atoms with Gasteiger partial charge in [0.1, 0.15) is 0 Å². The summed E-state index contributed by atoms with van der Waals surface area (Å²) in [4.78, 5) is 0. The molecule has 0 aliphatic carbocycles. The number of halogens is 2. The second kappa shape index (κ2) is 12.4. The van der Waals surface area contributed by atoms with E-state index in [9.17, 15) is 0 Å². The largest absolute Gasteiger partial charge is 4.00 e. The Kier molecular flexibility index (Phi) is 11.0. The molecule has 0 fully saturated rings. The molecular weight excluding hydrogens is 481 g/mol. The van der Waals surface area contributed by atoms with Crippen molar-refractivity contribution in [2.24, 2.45) is 0 Å². The molecule has 1 atom stereocenters. The average Bonchev–Trinajstić information content (AvgIpc) is 3.32. The van der Waals surface area contributed by atoms with Gasteiger partial charge in [-0.1, -0.05) is 57.1 Å². The first-order chi connectivity index (χ1) is 12.4. The van der Waals surface area contributed by atoms with Gasteiger partial charge in [-0.05, 0) is 10.6 Å². The second-order valence-electron chi connectivity index (χ2n) is 6.02. The van der Waals surface area contributed by atoms with Gasteiger partial charge in [-0.25, -0.2) is 0 Å². The molecule has 0 N–H and O–H groups in total. The molecule has 0 nitrogen and oxygen atoms in total. The third-order valence-electron chi connectivity index (χ3n) is 4.25. The summed E-state index contributed by atoms with van der Waals surface area (Å²) in [6, 6.07) is 38.5. The van der Waals surface area contributed by atoms with Crippen LogP contribution in [-0.4, -0.2) is 0 Å². The number of fused-ring (bicyclic) bond motifs is 2. The molecule has 28 heavy (non-hydrogen) atoms. The van der Waals surface area contributed by atoms with Crippen LogP contribution in [-0.2, 0) is 26.2 Å². The van der Waals surface area contributed by atoms with Crippen LogP contribution in [0.25, 0.3) is 21.5 Å². The van der Waals surface area contributed by atoms with E-state index < -0.39 is 0 Å². The van der Waals surface area contributed by atoms with Crippen molar-refractivity contribution in [2.45, 2.75) is 0 Å². The molecule has 0 bridgehead atoms. The van der Waals surface area contributed by atoms with Crippen molar-refractivity contribution >= 4 is 40.7 Å². The van der Waals surface area contributed by atoms with Gasteiger partial charge in [0, 0.05) is 0 Å². The van der Waals surface area contributed by atoms with Gasteiger partial charge >= 0.3 is 26.2 Å². The summed E-state index contributed by atoms with van der Waals surface area (Å²) >= 11 is 0. The van der Waals surface area contributed by atoms with E-state index in [2.05, 4.69) is 109 Å². The zero-order valence-corrected chi connectivity index (χ0v) is 20.1. The Morgan fingerprint density at radius 3 is 1.86 bits per heavy atom. The van der Waals surface area contributed by atoms with Gasteiger partial charge in [0.15, 0.2) is 0 Å². The minimum atomic E-state index is 0. The predicted octanol–water partition coefficient (Wildman–Crippen LogP) is -0.248. The van der Waals surface area contributed by atoms with Crippen LogP contribution < -0.4 is 35.4 Å². The van der Waals surface area contributed by atoms with Gasteiger partial charge in [-0.2, -0.15) is 35.0 Å². The maximum absolute atomic E-state index is 2.29. The van der Waals surface area contributed by atoms with E-state index in [1.807, 2.05) is 0 Å². The maximum atomic E-state index is 2.29. The van der Waals surface area contributed by atoms with Crippen LogP contribution in [0.1, 0.15) is 0 Å². The molecule has 138 valence electrons. The first-order valence-electron chi connectivity index (χ1n) is 8.46. The van der Waals surface area contributed by atoms with E-state index in [0.29, 0.717) is 0 Å². The Labute approximate surface area is 199 Å². The fourth-order valence-corrected chi connectivity index (χ4v) is 4.05. The van der Waals surface area contributed by atoms with Crippen LogP contribution in [0, 0.1) is 0 Å². The van der Waals surface area contributed by atoms with E-state index in [4.69, 9.17) is 0 Å². The van der Waals surface area contributed by atoms with E-state index in [-0.39, 0.29) is 51.0 Å². The van der Waals surface area contributed by atoms with Crippen LogP contribution in [0.2, 0.25) is 0 Å². The van der Waals surface area contributed by atoms with Crippen LogP contribution in [0.4, 0.5) is 0 Å². The smallest absolute Gasteiger partial charge is 1.00 e. The molecule has 0 heterocycles. The summed E-state index contributed by atoms with van der Waals surface area (Å²) in [5.74, 6) is 0. The third-order valence-corrected chi connectivity index (χ3v) is 5.47. The molecule has 0 saturated carbocycles. The molecule has 5 rings (SSSR count). The van der Waals surface area contributed by atoms with Gasteiger partial charge in [-0.3, -0.25) is 0 Å². The van der Waals surface area contributed by atoms with Crippen LogP contribution in [0.3, 0.4) is 0 Å². The van der Waals surface area contributed by atoms with Crippen LogP contribution in [0.15, 0.2) is 109 Å². The molecule has 0 aromatic heterocycles. The second-order valence-corrected chi connectivity index (χ2v) is 7.42. The van der Waals surface area contributed by atoms with Gasteiger partial charge < -0.3 is 24.8 Å². The fourth-order valence-electron chi connectivity index (χ4n) is 2.96. The molecule has 0 spiro atoms. The fraction of sp³-hybridized carbons (Fsp3) is 0. The van der Waals surface area contributed by atoms with Crippen molar-refractivity contribution in [3.05, 3.63) is 109 Å². The quantitative estimate of drug-likeness (QED) is 0.232. The summed E-state index contributed by atoms with van der Waals surface area (Å²) in [7, 11) is 0.752. The SMILES string of the molecule is [Cl-].[Cl-].[Zr+4].c1ccc(Pc2ccc3[cH-]ccc3c2)cc1.c1ccc2[cH-]ccc2c1. The van der Waals surface area contributed by atoms with E-state index in [1.165, 1.54) is 32.2 Å². The molecule has 0 aliphatic rings. The summed E-state index contributed by atoms with van der Waals surface area (Å²) in [5, 5.41) is 8.15. The van der Waals surface area contributed by atoms with Gasteiger partial charge in [0.05, 0.1) is 0 Å². The zero-order chi connectivity index (χ0) is 16.9. The molecule has 5 aromatic carbocycles. The maximum Gasteiger partial charge on any atom is 4.00 e. The Balaban J connectivity index is 0.000000284. The molecule has 4 heteroatoms. The average molecular weight is 501 g/mol. The third kappa shape index (κ3) is 6.40. The van der Waals surface area contributed by atoms with Crippen molar-refractivity contribution in [1.82, 2.24) is 0 Å². The molecule has 5 aromatic rings. The molecule has 0 amide bonds. The topological polar surface area (TPSA) is 0 Å². The predicted molar refractivity (Wildman–Crippen MR) is 113 cm³/mol. The first-order valence-corrected chi connectivity index (χ1v) is 9.46. The monoisotopic (exact) mass is 498 g/mol. The van der Waals surface area contributed by atoms with Gasteiger partial charge in [0.2, 0.25) is 0 Å². The number of hydrogen-bond acceptors (Lipinski definition) is 0. The Morgan fingerprint density at radius 1 is 0.536 bits per heavy atom. The minimum absolute atomic E-state index is 0. The molecule has 1 unspecified atom stereocenters. The first kappa shape index (κ1) is 24.8. The Bertz CT molecular complexity index is 1050. The van der Waals surface area contributed by atoms with Crippen LogP contribution in [0.5, 0.6) is 0 Å². The zero-order valence-electron chi connectivity index (χ0n) is 15.1. The Hall–Kier alpha value is -1.23. The standard InChI is InChI=1S/C15H12P.C9H7.2ClH.Zr/c1-2-7-14(8-3-1)16-15-10-9-12-5-4-6-13(12)11-15;1-2-5-9-7-3-6-8(9)4-1;;;/h1-11,16H;1-7H;2*1H;/q2*-1;;;+4/p-2. The number of hydrogen-bond donors (Lipinski definition) is 0. The Morgan fingerprint density at radius 2 is 1.14 bits per heavy atom. The van der Waals surface area contributed by atoms with E-state index in [1.54, 1.807) is 0 Å². The van der Waals surface area contributed by atoms with Crippen molar-refractivity contribution in [3.63, 3.8) is 0 Å². The van der Waals surface area contributed by atoms with Crippen molar-refractivity contribution in [1.29, 1.82) is 0 Å². The van der Waals surface area contributed by atoms with Gasteiger partial charge in [-0.15, -0.1) is 47.2 Å². The summed E-state index contributed by atoms with van der Waals surface area (Å²) in [6.07, 6.45) is 0. The van der Waals surface area contributed by atoms with Crippen molar-refractivity contribution in [3.8, 4) is 0 Å². The molecule has 0 aliphatic heterocycles. The van der Waals surface area contributed by atoms with Crippen molar-refractivity contribution in [2.75, 3.05) is 0 Å². The minimum Gasteiger partial charge on any atom is -1.00 e. The number of rotatable bonds is 2. The molecular formula is C24H19Cl2PZr.